The fraction of sp³-hybridized carbons (Fsp3) is 0.133. The first-order chi connectivity index (χ1) is 10.1. The molecule has 0 saturated carbocycles. The molecular weight excluding hydrogens is 292 g/mol. The summed E-state index contributed by atoms with van der Waals surface area (Å²) in [5.74, 6) is -0.946. The van der Waals surface area contributed by atoms with E-state index in [2.05, 4.69) is 15.0 Å². The van der Waals surface area contributed by atoms with Crippen LogP contribution in [0, 0.1) is 0 Å². The van der Waals surface area contributed by atoms with E-state index in [4.69, 9.17) is 11.6 Å². The van der Waals surface area contributed by atoms with E-state index in [9.17, 15) is 9.59 Å². The number of methoxy groups -OCH3 is 1. The second-order valence-corrected chi connectivity index (χ2v) is 4.65. The summed E-state index contributed by atoms with van der Waals surface area (Å²) in [4.78, 5) is 27.3. The Kier molecular flexibility index (Phi) is 4.90. The summed E-state index contributed by atoms with van der Waals surface area (Å²) in [5.41, 5.74) is 1.17. The van der Waals surface area contributed by atoms with Gasteiger partial charge in [0.1, 0.15) is 11.4 Å². The molecule has 0 aliphatic heterocycles. The standard InChI is InChI=1S/C15H13ClN2O3/c1-21-15(20)13-4-2-3-12(18-13)14(19)17-9-10-5-7-11(16)8-6-10/h2-8H,9H2,1H3,(H,17,19). The Morgan fingerprint density at radius 3 is 2.48 bits per heavy atom. The smallest absolute Gasteiger partial charge is 0.356 e. The lowest BCUT2D eigenvalue weighted by molar-refractivity contribution is 0.0594. The van der Waals surface area contributed by atoms with Gasteiger partial charge in [0, 0.05) is 11.6 Å². The molecule has 108 valence electrons. The number of hydrogen-bond donors (Lipinski definition) is 1. The van der Waals surface area contributed by atoms with Gasteiger partial charge in [-0.1, -0.05) is 29.8 Å². The Balaban J connectivity index is 2.03. The number of benzene rings is 1. The Morgan fingerprint density at radius 1 is 1.14 bits per heavy atom. The van der Waals surface area contributed by atoms with Gasteiger partial charge in [-0.05, 0) is 29.8 Å². The number of aromatic nitrogens is 1. The maximum Gasteiger partial charge on any atom is 0.356 e. The second kappa shape index (κ2) is 6.85. The molecular formula is C15H13ClN2O3. The van der Waals surface area contributed by atoms with Crippen LogP contribution in [0.4, 0.5) is 0 Å². The first-order valence-electron chi connectivity index (χ1n) is 6.18. The van der Waals surface area contributed by atoms with Crippen molar-refractivity contribution < 1.29 is 14.3 Å². The number of pyridine rings is 1. The highest BCUT2D eigenvalue weighted by Gasteiger charge is 2.12. The van der Waals surface area contributed by atoms with E-state index in [0.29, 0.717) is 11.6 Å². The zero-order valence-electron chi connectivity index (χ0n) is 11.3. The van der Waals surface area contributed by atoms with Crippen LogP contribution >= 0.6 is 11.6 Å². The monoisotopic (exact) mass is 304 g/mol. The van der Waals surface area contributed by atoms with Gasteiger partial charge in [0.25, 0.3) is 5.91 Å². The van der Waals surface area contributed by atoms with Gasteiger partial charge in [0.2, 0.25) is 0 Å². The Hall–Kier alpha value is -2.40. The molecule has 0 spiro atoms. The van der Waals surface area contributed by atoms with Crippen LogP contribution in [0.2, 0.25) is 5.02 Å². The molecule has 0 aliphatic carbocycles. The molecule has 2 rings (SSSR count). The number of amides is 1. The van der Waals surface area contributed by atoms with Crippen molar-refractivity contribution in [1.29, 1.82) is 0 Å². The molecule has 0 atom stereocenters. The summed E-state index contributed by atoms with van der Waals surface area (Å²) in [5, 5.41) is 3.36. The number of esters is 1. The van der Waals surface area contributed by atoms with Crippen LogP contribution in [0.1, 0.15) is 26.5 Å². The molecule has 6 heteroatoms. The van der Waals surface area contributed by atoms with Gasteiger partial charge in [0.05, 0.1) is 7.11 Å². The summed E-state index contributed by atoms with van der Waals surface area (Å²) in [6, 6.07) is 11.7. The summed E-state index contributed by atoms with van der Waals surface area (Å²) < 4.78 is 4.57. The van der Waals surface area contributed by atoms with Gasteiger partial charge in [-0.3, -0.25) is 4.79 Å². The van der Waals surface area contributed by atoms with E-state index >= 15 is 0 Å². The van der Waals surface area contributed by atoms with Crippen molar-refractivity contribution in [2.24, 2.45) is 0 Å². The Labute approximate surface area is 126 Å². The largest absolute Gasteiger partial charge is 0.464 e. The molecule has 21 heavy (non-hydrogen) atoms. The molecule has 1 aromatic carbocycles. The van der Waals surface area contributed by atoms with Crippen molar-refractivity contribution in [1.82, 2.24) is 10.3 Å². The maximum atomic E-state index is 12.0. The lowest BCUT2D eigenvalue weighted by atomic mass is 10.2. The van der Waals surface area contributed by atoms with Gasteiger partial charge < -0.3 is 10.1 Å². The predicted molar refractivity (Wildman–Crippen MR) is 78.2 cm³/mol. The van der Waals surface area contributed by atoms with E-state index in [1.165, 1.54) is 19.2 Å². The third kappa shape index (κ3) is 4.03. The molecule has 5 nitrogen and oxygen atoms in total. The minimum absolute atomic E-state index is 0.0941. The molecule has 1 aromatic heterocycles. The van der Waals surface area contributed by atoms with E-state index in [1.807, 2.05) is 12.1 Å². The average molecular weight is 305 g/mol. The van der Waals surface area contributed by atoms with Crippen LogP contribution in [-0.2, 0) is 11.3 Å². The number of nitrogens with zero attached hydrogens (tertiary/aromatic N) is 1. The number of halogens is 1. The normalized spacial score (nSPS) is 10.0. The molecule has 0 bridgehead atoms. The number of carbonyl (C=O) groups excluding carboxylic acids is 2. The van der Waals surface area contributed by atoms with Crippen LogP contribution in [0.25, 0.3) is 0 Å². The molecule has 0 aliphatic rings. The molecule has 1 heterocycles. The Morgan fingerprint density at radius 2 is 1.81 bits per heavy atom. The third-order valence-electron chi connectivity index (χ3n) is 2.74. The zero-order chi connectivity index (χ0) is 15.2. The molecule has 1 amide bonds. The van der Waals surface area contributed by atoms with Crippen molar-refractivity contribution in [3.05, 3.63) is 64.4 Å². The van der Waals surface area contributed by atoms with Crippen LogP contribution < -0.4 is 5.32 Å². The first-order valence-corrected chi connectivity index (χ1v) is 6.56. The summed E-state index contributed by atoms with van der Waals surface area (Å²) in [7, 11) is 1.26. The van der Waals surface area contributed by atoms with Crippen LogP contribution in [-0.4, -0.2) is 24.0 Å². The third-order valence-corrected chi connectivity index (χ3v) is 2.99. The first kappa shape index (κ1) is 15.0. The second-order valence-electron chi connectivity index (χ2n) is 4.21. The molecule has 0 radical (unpaired) electrons. The number of nitrogens with one attached hydrogen (secondary N) is 1. The Bertz CT molecular complexity index is 656. The average Bonchev–Trinajstić information content (AvgIpc) is 2.53. The van der Waals surface area contributed by atoms with E-state index in [0.717, 1.165) is 5.56 Å². The van der Waals surface area contributed by atoms with E-state index in [-0.39, 0.29) is 17.3 Å². The summed E-state index contributed by atoms with van der Waals surface area (Å²) >= 11 is 5.79. The fourth-order valence-electron chi connectivity index (χ4n) is 1.65. The van der Waals surface area contributed by atoms with Crippen molar-refractivity contribution in [3.63, 3.8) is 0 Å². The molecule has 0 fully saturated rings. The molecule has 1 N–H and O–H groups in total. The number of hydrogen-bond acceptors (Lipinski definition) is 4. The lowest BCUT2D eigenvalue weighted by Crippen LogP contribution is -2.24. The maximum absolute atomic E-state index is 12.0. The van der Waals surface area contributed by atoms with Gasteiger partial charge in [-0.2, -0.15) is 0 Å². The van der Waals surface area contributed by atoms with Crippen LogP contribution in [0.3, 0.4) is 0 Å². The molecule has 2 aromatic rings. The highest BCUT2D eigenvalue weighted by atomic mass is 35.5. The number of ether oxygens (including phenoxy) is 1. The molecule has 0 unspecified atom stereocenters. The highest BCUT2D eigenvalue weighted by molar-refractivity contribution is 6.30. The van der Waals surface area contributed by atoms with Gasteiger partial charge in [0.15, 0.2) is 0 Å². The predicted octanol–water partition coefficient (Wildman–Crippen LogP) is 2.45. The number of rotatable bonds is 4. The summed E-state index contributed by atoms with van der Waals surface area (Å²) in [6.07, 6.45) is 0. The lowest BCUT2D eigenvalue weighted by Gasteiger charge is -2.06. The quantitative estimate of drug-likeness (QED) is 0.881. The van der Waals surface area contributed by atoms with Gasteiger partial charge in [-0.25, -0.2) is 9.78 Å². The SMILES string of the molecule is COC(=O)c1cccc(C(=O)NCc2ccc(Cl)cc2)n1. The minimum atomic E-state index is -0.581. The number of carbonyl (C=O) groups is 2. The van der Waals surface area contributed by atoms with Crippen molar-refractivity contribution >= 4 is 23.5 Å². The zero-order valence-corrected chi connectivity index (χ0v) is 12.1. The van der Waals surface area contributed by atoms with Crippen molar-refractivity contribution in [3.8, 4) is 0 Å². The van der Waals surface area contributed by atoms with Gasteiger partial charge in [-0.15, -0.1) is 0 Å². The topological polar surface area (TPSA) is 68.3 Å². The van der Waals surface area contributed by atoms with E-state index in [1.54, 1.807) is 18.2 Å². The van der Waals surface area contributed by atoms with E-state index < -0.39 is 5.97 Å². The minimum Gasteiger partial charge on any atom is -0.464 e. The summed E-state index contributed by atoms with van der Waals surface area (Å²) in [6.45, 7) is 0.347. The van der Waals surface area contributed by atoms with Crippen molar-refractivity contribution in [2.45, 2.75) is 6.54 Å². The van der Waals surface area contributed by atoms with Gasteiger partial charge >= 0.3 is 5.97 Å². The molecule has 0 saturated heterocycles. The van der Waals surface area contributed by atoms with Crippen molar-refractivity contribution in [2.75, 3.05) is 7.11 Å². The van der Waals surface area contributed by atoms with Crippen LogP contribution in [0.5, 0.6) is 0 Å². The van der Waals surface area contributed by atoms with Crippen LogP contribution in [0.15, 0.2) is 42.5 Å². The highest BCUT2D eigenvalue weighted by Crippen LogP contribution is 2.09. The fourth-order valence-corrected chi connectivity index (χ4v) is 1.78.